The number of nitrogens with zero attached hydrogens (tertiary/aromatic N) is 3. The Kier molecular flexibility index (Phi) is 4.33. The molecule has 0 amide bonds. The van der Waals surface area contributed by atoms with Gasteiger partial charge in [0.25, 0.3) is 0 Å². The van der Waals surface area contributed by atoms with Crippen molar-refractivity contribution in [3.05, 3.63) is 40.0 Å². The Labute approximate surface area is 163 Å². The summed E-state index contributed by atoms with van der Waals surface area (Å²) >= 11 is 7.93. The lowest BCUT2D eigenvalue weighted by atomic mass is 9.89. The largest absolute Gasteiger partial charge is 0.356 e. The molecule has 0 bridgehead atoms. The molecular weight excluding hydrogens is 362 g/mol. The standard InChI is InChI=1S/C21H22ClN3S/c22-21-23-19(25-10-4-1-5-11-25)18-17(13-26-20(18)24-21)16-9-8-14-6-2-3-7-15(14)12-16/h8-9,12-13H,1-7,10-11H2. The van der Waals surface area contributed by atoms with Gasteiger partial charge in [0.15, 0.2) is 0 Å². The van der Waals surface area contributed by atoms with E-state index in [4.69, 9.17) is 11.6 Å². The van der Waals surface area contributed by atoms with Crippen LogP contribution in [0.5, 0.6) is 0 Å². The fourth-order valence-electron chi connectivity index (χ4n) is 4.35. The molecule has 3 heterocycles. The lowest BCUT2D eigenvalue weighted by Gasteiger charge is -2.28. The molecule has 5 heteroatoms. The molecule has 1 aromatic carbocycles. The zero-order valence-corrected chi connectivity index (χ0v) is 16.4. The number of halogens is 1. The highest BCUT2D eigenvalue weighted by Gasteiger charge is 2.21. The topological polar surface area (TPSA) is 29.0 Å². The molecule has 1 aliphatic heterocycles. The smallest absolute Gasteiger partial charge is 0.225 e. The number of fused-ring (bicyclic) bond motifs is 2. The fraction of sp³-hybridized carbons (Fsp3) is 0.429. The van der Waals surface area contributed by atoms with E-state index < -0.39 is 0 Å². The molecule has 1 fully saturated rings. The minimum Gasteiger partial charge on any atom is -0.356 e. The van der Waals surface area contributed by atoms with Gasteiger partial charge in [-0.2, -0.15) is 4.98 Å². The summed E-state index contributed by atoms with van der Waals surface area (Å²) in [5.41, 5.74) is 5.59. The maximum absolute atomic E-state index is 6.25. The van der Waals surface area contributed by atoms with Crippen molar-refractivity contribution in [3.8, 4) is 11.1 Å². The van der Waals surface area contributed by atoms with Crippen LogP contribution in [0.2, 0.25) is 5.28 Å². The number of thiophene rings is 1. The highest BCUT2D eigenvalue weighted by molar-refractivity contribution is 7.17. The summed E-state index contributed by atoms with van der Waals surface area (Å²) < 4.78 is 0. The van der Waals surface area contributed by atoms with E-state index in [-0.39, 0.29) is 0 Å². The summed E-state index contributed by atoms with van der Waals surface area (Å²) in [6.45, 7) is 2.11. The van der Waals surface area contributed by atoms with Gasteiger partial charge in [0.2, 0.25) is 5.28 Å². The van der Waals surface area contributed by atoms with Crippen molar-refractivity contribution in [2.75, 3.05) is 18.0 Å². The van der Waals surface area contributed by atoms with Gasteiger partial charge in [-0.15, -0.1) is 11.3 Å². The average molecular weight is 384 g/mol. The minimum absolute atomic E-state index is 0.358. The van der Waals surface area contributed by atoms with E-state index in [1.54, 1.807) is 11.3 Å². The first kappa shape index (κ1) is 16.5. The number of hydrogen-bond donors (Lipinski definition) is 0. The van der Waals surface area contributed by atoms with Crippen molar-refractivity contribution >= 4 is 39.0 Å². The Balaban J connectivity index is 1.66. The summed E-state index contributed by atoms with van der Waals surface area (Å²) in [5.74, 6) is 1.02. The van der Waals surface area contributed by atoms with Crippen LogP contribution in [0.25, 0.3) is 21.3 Å². The van der Waals surface area contributed by atoms with E-state index in [1.165, 1.54) is 72.6 Å². The molecule has 0 N–H and O–H groups in total. The van der Waals surface area contributed by atoms with Crippen LogP contribution in [-0.2, 0) is 12.8 Å². The lowest BCUT2D eigenvalue weighted by Crippen LogP contribution is -2.30. The third-order valence-electron chi connectivity index (χ3n) is 5.70. The summed E-state index contributed by atoms with van der Waals surface area (Å²) in [5, 5.41) is 3.77. The molecule has 0 unspecified atom stereocenters. The summed E-state index contributed by atoms with van der Waals surface area (Å²) in [6.07, 6.45) is 8.80. The van der Waals surface area contributed by atoms with Crippen molar-refractivity contribution in [1.29, 1.82) is 0 Å². The molecular formula is C21H22ClN3S. The van der Waals surface area contributed by atoms with Gasteiger partial charge >= 0.3 is 0 Å². The highest BCUT2D eigenvalue weighted by Crippen LogP contribution is 2.40. The second-order valence-corrected chi connectivity index (χ2v) is 8.58. The average Bonchev–Trinajstić information content (AvgIpc) is 3.11. The normalized spacial score (nSPS) is 17.5. The number of anilines is 1. The van der Waals surface area contributed by atoms with Crippen LogP contribution < -0.4 is 4.90 Å². The van der Waals surface area contributed by atoms with Crippen molar-refractivity contribution in [1.82, 2.24) is 9.97 Å². The first-order chi connectivity index (χ1) is 12.8. The Hall–Kier alpha value is -1.65. The third-order valence-corrected chi connectivity index (χ3v) is 6.74. The van der Waals surface area contributed by atoms with Gasteiger partial charge in [0.05, 0.1) is 5.39 Å². The lowest BCUT2D eigenvalue weighted by molar-refractivity contribution is 0.574. The molecule has 5 rings (SSSR count). The van der Waals surface area contributed by atoms with Crippen molar-refractivity contribution in [2.24, 2.45) is 0 Å². The Morgan fingerprint density at radius 2 is 1.73 bits per heavy atom. The van der Waals surface area contributed by atoms with Crippen LogP contribution in [-0.4, -0.2) is 23.1 Å². The quantitative estimate of drug-likeness (QED) is 0.517. The summed E-state index contributed by atoms with van der Waals surface area (Å²) in [4.78, 5) is 12.6. The van der Waals surface area contributed by atoms with Gasteiger partial charge in [0, 0.05) is 24.0 Å². The van der Waals surface area contributed by atoms with Gasteiger partial charge in [-0.1, -0.05) is 18.2 Å². The zero-order valence-electron chi connectivity index (χ0n) is 14.8. The third kappa shape index (κ3) is 2.89. The zero-order chi connectivity index (χ0) is 17.5. The van der Waals surface area contributed by atoms with Gasteiger partial charge in [0.1, 0.15) is 10.6 Å². The highest BCUT2D eigenvalue weighted by atomic mass is 35.5. The Morgan fingerprint density at radius 3 is 2.58 bits per heavy atom. The molecule has 3 aromatic rings. The van der Waals surface area contributed by atoms with E-state index in [0.29, 0.717) is 5.28 Å². The predicted octanol–water partition coefficient (Wildman–Crippen LogP) is 5.88. The van der Waals surface area contributed by atoms with Gasteiger partial charge in [-0.3, -0.25) is 0 Å². The molecule has 0 radical (unpaired) electrons. The molecule has 2 aromatic heterocycles. The molecule has 3 nitrogen and oxygen atoms in total. The van der Waals surface area contributed by atoms with E-state index in [2.05, 4.69) is 38.4 Å². The fourth-order valence-corrected chi connectivity index (χ4v) is 5.50. The Bertz CT molecular complexity index is 959. The second-order valence-electron chi connectivity index (χ2n) is 7.38. The Morgan fingerprint density at radius 1 is 0.923 bits per heavy atom. The molecule has 2 aliphatic rings. The number of hydrogen-bond acceptors (Lipinski definition) is 4. The van der Waals surface area contributed by atoms with Crippen molar-refractivity contribution in [2.45, 2.75) is 44.9 Å². The van der Waals surface area contributed by atoms with Crippen LogP contribution >= 0.6 is 22.9 Å². The number of benzene rings is 1. The monoisotopic (exact) mass is 383 g/mol. The predicted molar refractivity (Wildman–Crippen MR) is 111 cm³/mol. The van der Waals surface area contributed by atoms with Crippen LogP contribution in [0.15, 0.2) is 23.6 Å². The van der Waals surface area contributed by atoms with E-state index >= 15 is 0 Å². The summed E-state index contributed by atoms with van der Waals surface area (Å²) in [7, 11) is 0. The molecule has 1 aliphatic carbocycles. The SMILES string of the molecule is Clc1nc(N2CCCCC2)c2c(-c3ccc4c(c3)CCCC4)csc2n1. The van der Waals surface area contributed by atoms with Gasteiger partial charge < -0.3 is 4.90 Å². The molecule has 0 atom stereocenters. The number of aromatic nitrogens is 2. The van der Waals surface area contributed by atoms with Crippen LogP contribution in [0.3, 0.4) is 0 Å². The number of piperidine rings is 1. The number of rotatable bonds is 2. The molecule has 26 heavy (non-hydrogen) atoms. The second kappa shape index (κ2) is 6.82. The number of aryl methyl sites for hydroxylation is 2. The van der Waals surface area contributed by atoms with Gasteiger partial charge in [-0.25, -0.2) is 4.98 Å². The first-order valence-electron chi connectivity index (χ1n) is 9.61. The summed E-state index contributed by atoms with van der Waals surface area (Å²) in [6, 6.07) is 7.00. The van der Waals surface area contributed by atoms with E-state index in [0.717, 1.165) is 23.7 Å². The van der Waals surface area contributed by atoms with Crippen LogP contribution in [0.4, 0.5) is 5.82 Å². The molecule has 134 valence electrons. The van der Waals surface area contributed by atoms with Crippen LogP contribution in [0.1, 0.15) is 43.2 Å². The molecule has 0 saturated carbocycles. The maximum atomic E-state index is 6.25. The van der Waals surface area contributed by atoms with Crippen molar-refractivity contribution < 1.29 is 0 Å². The molecule has 1 saturated heterocycles. The molecule has 0 spiro atoms. The van der Waals surface area contributed by atoms with E-state index in [9.17, 15) is 0 Å². The van der Waals surface area contributed by atoms with Gasteiger partial charge in [-0.05, 0) is 73.2 Å². The minimum atomic E-state index is 0.358. The first-order valence-corrected chi connectivity index (χ1v) is 10.9. The van der Waals surface area contributed by atoms with E-state index in [1.807, 2.05) is 0 Å². The maximum Gasteiger partial charge on any atom is 0.225 e. The van der Waals surface area contributed by atoms with Crippen molar-refractivity contribution in [3.63, 3.8) is 0 Å². The van der Waals surface area contributed by atoms with Crippen LogP contribution in [0, 0.1) is 0 Å².